The molecule has 2 nitrogen and oxygen atoms in total. The molecule has 0 aromatic heterocycles. The maximum atomic E-state index is 13.1. The van der Waals surface area contributed by atoms with Gasteiger partial charge in [0.2, 0.25) is 0 Å². The fraction of sp³-hybridized carbons (Fsp3) is 0.100. The molecule has 1 amide bonds. The summed E-state index contributed by atoms with van der Waals surface area (Å²) in [5, 5.41) is 2.37. The predicted molar refractivity (Wildman–Crippen MR) is 56.8 cm³/mol. The highest BCUT2D eigenvalue weighted by atomic mass is 79.9. The van der Waals surface area contributed by atoms with Gasteiger partial charge in [-0.15, -0.1) is 0 Å². The summed E-state index contributed by atoms with van der Waals surface area (Å²) in [7, 11) is 0. The van der Waals surface area contributed by atoms with E-state index in [2.05, 4.69) is 27.8 Å². The molecule has 0 radical (unpaired) electrons. The highest BCUT2D eigenvalue weighted by Crippen LogP contribution is 2.11. The highest BCUT2D eigenvalue weighted by Gasteiger charge is 2.14. The van der Waals surface area contributed by atoms with Crippen molar-refractivity contribution in [2.24, 2.45) is 0 Å². The van der Waals surface area contributed by atoms with Gasteiger partial charge >= 0.3 is 0 Å². The van der Waals surface area contributed by atoms with Crippen LogP contribution in [-0.4, -0.2) is 12.5 Å². The molecule has 0 aliphatic rings. The summed E-state index contributed by atoms with van der Waals surface area (Å²) in [5.41, 5.74) is -0.316. The Morgan fingerprint density at radius 3 is 2.73 bits per heavy atom. The standard InChI is InChI=1S/C10H8BrF2NO/c1-6(11)5-14-10(15)7-3-2-4-8(12)9(7)13/h2-4H,1,5H2,(H,14,15). The van der Waals surface area contributed by atoms with Crippen LogP contribution >= 0.6 is 15.9 Å². The topological polar surface area (TPSA) is 29.1 Å². The highest BCUT2D eigenvalue weighted by molar-refractivity contribution is 9.11. The van der Waals surface area contributed by atoms with Crippen molar-refractivity contribution in [1.29, 1.82) is 0 Å². The van der Waals surface area contributed by atoms with Gasteiger partial charge in [0.15, 0.2) is 11.6 Å². The molecule has 0 heterocycles. The van der Waals surface area contributed by atoms with E-state index in [1.807, 2.05) is 0 Å². The van der Waals surface area contributed by atoms with E-state index in [9.17, 15) is 13.6 Å². The Balaban J connectivity index is 2.82. The van der Waals surface area contributed by atoms with Crippen LogP contribution in [-0.2, 0) is 0 Å². The van der Waals surface area contributed by atoms with E-state index in [1.165, 1.54) is 12.1 Å². The number of amides is 1. The minimum Gasteiger partial charge on any atom is -0.347 e. The lowest BCUT2D eigenvalue weighted by molar-refractivity contribution is 0.0952. The van der Waals surface area contributed by atoms with Crippen LogP contribution in [0.5, 0.6) is 0 Å². The molecule has 0 saturated carbocycles. The van der Waals surface area contributed by atoms with Crippen LogP contribution in [0.3, 0.4) is 0 Å². The van der Waals surface area contributed by atoms with Crippen molar-refractivity contribution in [3.8, 4) is 0 Å². The number of hydrogen-bond acceptors (Lipinski definition) is 1. The normalized spacial score (nSPS) is 9.80. The Labute approximate surface area is 94.1 Å². The predicted octanol–water partition coefficient (Wildman–Crippen LogP) is 2.60. The molecule has 5 heteroatoms. The number of hydrogen-bond donors (Lipinski definition) is 1. The summed E-state index contributed by atoms with van der Waals surface area (Å²) in [6.45, 7) is 3.66. The Morgan fingerprint density at radius 2 is 2.13 bits per heavy atom. The van der Waals surface area contributed by atoms with Crippen molar-refractivity contribution in [1.82, 2.24) is 5.32 Å². The Kier molecular flexibility index (Phi) is 3.96. The molecular weight excluding hydrogens is 268 g/mol. The second-order valence-electron chi connectivity index (χ2n) is 2.80. The largest absolute Gasteiger partial charge is 0.347 e. The Hall–Kier alpha value is -1.23. The van der Waals surface area contributed by atoms with Gasteiger partial charge in [-0.3, -0.25) is 4.79 Å². The first-order chi connectivity index (χ1) is 7.02. The zero-order chi connectivity index (χ0) is 11.4. The summed E-state index contributed by atoms with van der Waals surface area (Å²) in [6.07, 6.45) is 0. The first kappa shape index (κ1) is 11.8. The van der Waals surface area contributed by atoms with Crippen LogP contribution < -0.4 is 5.32 Å². The molecule has 0 spiro atoms. The van der Waals surface area contributed by atoms with Crippen LogP contribution in [0.25, 0.3) is 0 Å². The third kappa shape index (κ3) is 3.13. The van der Waals surface area contributed by atoms with Gasteiger partial charge in [0.05, 0.1) is 5.56 Å². The van der Waals surface area contributed by atoms with Crippen LogP contribution in [0.1, 0.15) is 10.4 Å². The van der Waals surface area contributed by atoms with Crippen LogP contribution in [0.4, 0.5) is 8.78 Å². The lowest BCUT2D eigenvalue weighted by Gasteiger charge is -2.05. The molecule has 1 aromatic carbocycles. The Morgan fingerprint density at radius 1 is 1.47 bits per heavy atom. The average molecular weight is 276 g/mol. The summed E-state index contributed by atoms with van der Waals surface area (Å²) in [4.78, 5) is 11.3. The van der Waals surface area contributed by atoms with Gasteiger partial charge in [0, 0.05) is 11.0 Å². The second kappa shape index (κ2) is 5.02. The van der Waals surface area contributed by atoms with Gasteiger partial charge in [-0.05, 0) is 12.1 Å². The van der Waals surface area contributed by atoms with Crippen LogP contribution in [0.2, 0.25) is 0 Å². The van der Waals surface area contributed by atoms with Crippen molar-refractivity contribution in [3.63, 3.8) is 0 Å². The van der Waals surface area contributed by atoms with E-state index in [0.29, 0.717) is 4.48 Å². The van der Waals surface area contributed by atoms with E-state index in [1.54, 1.807) is 0 Å². The monoisotopic (exact) mass is 275 g/mol. The smallest absolute Gasteiger partial charge is 0.254 e. The molecule has 0 aliphatic heterocycles. The molecular formula is C10H8BrF2NO. The minimum absolute atomic E-state index is 0.161. The summed E-state index contributed by atoms with van der Waals surface area (Å²) >= 11 is 3.03. The van der Waals surface area contributed by atoms with Crippen LogP contribution in [0, 0.1) is 11.6 Å². The molecule has 15 heavy (non-hydrogen) atoms. The SMILES string of the molecule is C=C(Br)CNC(=O)c1cccc(F)c1F. The number of rotatable bonds is 3. The summed E-state index contributed by atoms with van der Waals surface area (Å²) < 4.78 is 26.4. The quantitative estimate of drug-likeness (QED) is 0.903. The molecule has 0 atom stereocenters. The summed E-state index contributed by atoms with van der Waals surface area (Å²) in [5.74, 6) is -2.86. The molecule has 1 N–H and O–H groups in total. The van der Waals surface area contributed by atoms with E-state index >= 15 is 0 Å². The van der Waals surface area contributed by atoms with Crippen molar-refractivity contribution >= 4 is 21.8 Å². The van der Waals surface area contributed by atoms with Crippen LogP contribution in [0.15, 0.2) is 29.3 Å². The number of carbonyl (C=O) groups is 1. The third-order valence-corrected chi connectivity index (χ3v) is 1.92. The summed E-state index contributed by atoms with van der Waals surface area (Å²) in [6, 6.07) is 3.44. The zero-order valence-electron chi connectivity index (χ0n) is 7.69. The fourth-order valence-corrected chi connectivity index (χ4v) is 1.09. The fourth-order valence-electron chi connectivity index (χ4n) is 0.951. The molecule has 0 unspecified atom stereocenters. The molecule has 80 valence electrons. The van der Waals surface area contributed by atoms with Gasteiger partial charge in [0.25, 0.3) is 5.91 Å². The first-order valence-corrected chi connectivity index (χ1v) is 4.87. The molecule has 0 fully saturated rings. The molecule has 1 rings (SSSR count). The number of halogens is 3. The second-order valence-corrected chi connectivity index (χ2v) is 3.92. The van der Waals surface area contributed by atoms with Crippen molar-refractivity contribution in [2.75, 3.05) is 6.54 Å². The maximum Gasteiger partial charge on any atom is 0.254 e. The van der Waals surface area contributed by atoms with Gasteiger partial charge < -0.3 is 5.32 Å². The average Bonchev–Trinajstić information content (AvgIpc) is 2.18. The van der Waals surface area contributed by atoms with Gasteiger partial charge in [-0.1, -0.05) is 28.6 Å². The van der Waals surface area contributed by atoms with Gasteiger partial charge in [-0.2, -0.15) is 0 Å². The van der Waals surface area contributed by atoms with Crippen molar-refractivity contribution in [3.05, 3.63) is 46.5 Å². The molecule has 0 bridgehead atoms. The van der Waals surface area contributed by atoms with Gasteiger partial charge in [-0.25, -0.2) is 8.78 Å². The number of benzene rings is 1. The van der Waals surface area contributed by atoms with E-state index in [4.69, 9.17) is 0 Å². The molecule has 0 aliphatic carbocycles. The van der Waals surface area contributed by atoms with E-state index in [0.717, 1.165) is 6.07 Å². The first-order valence-electron chi connectivity index (χ1n) is 4.08. The van der Waals surface area contributed by atoms with Gasteiger partial charge in [0.1, 0.15) is 0 Å². The van der Waals surface area contributed by atoms with Crippen molar-refractivity contribution in [2.45, 2.75) is 0 Å². The lowest BCUT2D eigenvalue weighted by atomic mass is 10.2. The number of nitrogens with one attached hydrogen (secondary N) is 1. The number of carbonyl (C=O) groups excluding carboxylic acids is 1. The van der Waals surface area contributed by atoms with Crippen molar-refractivity contribution < 1.29 is 13.6 Å². The minimum atomic E-state index is -1.14. The maximum absolute atomic E-state index is 13.1. The third-order valence-electron chi connectivity index (χ3n) is 1.64. The lowest BCUT2D eigenvalue weighted by Crippen LogP contribution is -2.25. The zero-order valence-corrected chi connectivity index (χ0v) is 9.27. The Bertz CT molecular complexity index is 406. The molecule has 1 aromatic rings. The molecule has 0 saturated heterocycles. The van der Waals surface area contributed by atoms with E-state index in [-0.39, 0.29) is 12.1 Å². The van der Waals surface area contributed by atoms with E-state index < -0.39 is 17.5 Å².